The number of hydrogen-bond acceptors (Lipinski definition) is 7. The second-order valence-corrected chi connectivity index (χ2v) is 9.04. The molecule has 0 bridgehead atoms. The maximum atomic E-state index is 13.5. The average Bonchev–Trinajstić information content (AvgIpc) is 2.88. The predicted octanol–water partition coefficient (Wildman–Crippen LogP) is 2.61. The minimum absolute atomic E-state index is 0.0653. The molecule has 0 spiro atoms. The summed E-state index contributed by atoms with van der Waals surface area (Å²) < 4.78 is 0. The predicted molar refractivity (Wildman–Crippen MR) is 132 cm³/mol. The summed E-state index contributed by atoms with van der Waals surface area (Å²) in [4.78, 5) is 43.9. The highest BCUT2D eigenvalue weighted by Crippen LogP contribution is 2.29. The first-order chi connectivity index (χ1) is 16.4. The van der Waals surface area contributed by atoms with Crippen molar-refractivity contribution < 1.29 is 14.5 Å². The van der Waals surface area contributed by atoms with Crippen LogP contribution in [0.1, 0.15) is 28.8 Å². The van der Waals surface area contributed by atoms with Crippen molar-refractivity contribution in [2.24, 2.45) is 0 Å². The summed E-state index contributed by atoms with van der Waals surface area (Å²) in [5, 5.41) is 11.4. The van der Waals surface area contributed by atoms with Gasteiger partial charge in [0.05, 0.1) is 16.2 Å². The van der Waals surface area contributed by atoms with Gasteiger partial charge in [-0.2, -0.15) is 0 Å². The molecule has 34 heavy (non-hydrogen) atoms. The van der Waals surface area contributed by atoms with Gasteiger partial charge in [-0.3, -0.25) is 14.9 Å². The molecular weight excluding hydrogens is 434 g/mol. The van der Waals surface area contributed by atoms with Crippen molar-refractivity contribution in [3.8, 4) is 0 Å². The summed E-state index contributed by atoms with van der Waals surface area (Å²) in [6, 6.07) is 12.6. The quantitative estimate of drug-likeness (QED) is 0.368. The van der Waals surface area contributed by atoms with Crippen LogP contribution in [0.4, 0.5) is 17.1 Å². The summed E-state index contributed by atoms with van der Waals surface area (Å²) in [6.45, 7) is 7.62. The third kappa shape index (κ3) is 5.04. The van der Waals surface area contributed by atoms with Crippen molar-refractivity contribution >= 4 is 29.3 Å². The number of benzene rings is 2. The molecule has 0 aliphatic carbocycles. The van der Waals surface area contributed by atoms with Crippen molar-refractivity contribution in [3.05, 3.63) is 63.7 Å². The van der Waals surface area contributed by atoms with Crippen molar-refractivity contribution in [1.29, 1.82) is 0 Å². The van der Waals surface area contributed by atoms with Gasteiger partial charge >= 0.3 is 0 Å². The van der Waals surface area contributed by atoms with E-state index in [0.717, 1.165) is 49.4 Å². The van der Waals surface area contributed by atoms with Crippen LogP contribution in [0.5, 0.6) is 0 Å². The Morgan fingerprint density at radius 2 is 1.56 bits per heavy atom. The normalized spacial score (nSPS) is 18.0. The SMILES string of the molecule is CC(C=O)c1ccc(N2CCN(C(=O)c3cc([N+](=O)[O-])ccc3N3CCN(C)CC3)CC2)cc1. The van der Waals surface area contributed by atoms with Gasteiger partial charge in [0.25, 0.3) is 11.6 Å². The van der Waals surface area contributed by atoms with Gasteiger partial charge in [0.15, 0.2) is 0 Å². The lowest BCUT2D eigenvalue weighted by molar-refractivity contribution is -0.384. The fourth-order valence-electron chi connectivity index (χ4n) is 4.54. The molecule has 2 aliphatic rings. The van der Waals surface area contributed by atoms with E-state index < -0.39 is 4.92 Å². The third-order valence-corrected chi connectivity index (χ3v) is 6.82. The first-order valence-corrected chi connectivity index (χ1v) is 11.7. The number of carbonyl (C=O) groups excluding carboxylic acids is 2. The summed E-state index contributed by atoms with van der Waals surface area (Å²) in [6.07, 6.45) is 0.934. The molecule has 0 saturated carbocycles. The molecule has 1 atom stereocenters. The Morgan fingerprint density at radius 1 is 0.941 bits per heavy atom. The van der Waals surface area contributed by atoms with E-state index >= 15 is 0 Å². The molecule has 0 aromatic heterocycles. The highest BCUT2D eigenvalue weighted by Gasteiger charge is 2.28. The summed E-state index contributed by atoms with van der Waals surface area (Å²) in [7, 11) is 2.06. The van der Waals surface area contributed by atoms with Crippen molar-refractivity contribution in [1.82, 2.24) is 9.80 Å². The molecule has 9 heteroatoms. The zero-order chi connectivity index (χ0) is 24.2. The Bertz CT molecular complexity index is 1040. The molecule has 2 heterocycles. The molecule has 4 rings (SSSR count). The van der Waals surface area contributed by atoms with Gasteiger partial charge in [-0.05, 0) is 30.8 Å². The number of nitrogens with zero attached hydrogens (tertiary/aromatic N) is 5. The van der Waals surface area contributed by atoms with Gasteiger partial charge in [0, 0.05) is 76.1 Å². The van der Waals surface area contributed by atoms with Crippen LogP contribution < -0.4 is 9.80 Å². The van der Waals surface area contributed by atoms with Gasteiger partial charge < -0.3 is 24.4 Å². The molecule has 0 radical (unpaired) electrons. The number of hydrogen-bond donors (Lipinski definition) is 0. The number of carbonyl (C=O) groups is 2. The van der Waals surface area contributed by atoms with Crippen molar-refractivity contribution in [2.45, 2.75) is 12.8 Å². The summed E-state index contributed by atoms with van der Waals surface area (Å²) >= 11 is 0. The van der Waals surface area contributed by atoms with Gasteiger partial charge in [-0.15, -0.1) is 0 Å². The number of aldehydes is 1. The highest BCUT2D eigenvalue weighted by atomic mass is 16.6. The standard InChI is InChI=1S/C25H31N5O4/c1-19(18-31)20-3-5-21(6-4-20)27-13-15-29(16-14-27)25(32)23-17-22(30(33)34)7-8-24(23)28-11-9-26(2)10-12-28/h3-8,17-19H,9-16H2,1-2H3. The average molecular weight is 466 g/mol. The van der Waals surface area contributed by atoms with E-state index in [9.17, 15) is 19.7 Å². The van der Waals surface area contributed by atoms with Crippen LogP contribution >= 0.6 is 0 Å². The van der Waals surface area contributed by atoms with E-state index in [1.54, 1.807) is 11.0 Å². The first-order valence-electron chi connectivity index (χ1n) is 11.7. The zero-order valence-electron chi connectivity index (χ0n) is 19.7. The summed E-state index contributed by atoms with van der Waals surface area (Å²) in [5.41, 5.74) is 3.15. The van der Waals surface area contributed by atoms with Crippen LogP contribution in [0.25, 0.3) is 0 Å². The second kappa shape index (κ2) is 10.2. The molecule has 2 saturated heterocycles. The number of nitro benzene ring substituents is 1. The maximum absolute atomic E-state index is 13.5. The lowest BCUT2D eigenvalue weighted by Crippen LogP contribution is -2.49. The Morgan fingerprint density at radius 3 is 2.15 bits per heavy atom. The lowest BCUT2D eigenvalue weighted by Gasteiger charge is -2.38. The Labute approximate surface area is 199 Å². The molecule has 9 nitrogen and oxygen atoms in total. The van der Waals surface area contributed by atoms with Crippen LogP contribution in [0.2, 0.25) is 0 Å². The molecule has 2 fully saturated rings. The molecule has 2 aliphatic heterocycles. The van der Waals surface area contributed by atoms with Gasteiger partial charge in [0.2, 0.25) is 0 Å². The third-order valence-electron chi connectivity index (χ3n) is 6.82. The van der Waals surface area contributed by atoms with Gasteiger partial charge in [-0.25, -0.2) is 0 Å². The number of non-ortho nitro benzene ring substituents is 1. The van der Waals surface area contributed by atoms with E-state index in [-0.39, 0.29) is 17.5 Å². The van der Waals surface area contributed by atoms with Crippen molar-refractivity contribution in [3.63, 3.8) is 0 Å². The van der Waals surface area contributed by atoms with E-state index in [0.29, 0.717) is 31.7 Å². The van der Waals surface area contributed by atoms with Gasteiger partial charge in [0.1, 0.15) is 6.29 Å². The number of rotatable bonds is 6. The van der Waals surface area contributed by atoms with E-state index in [4.69, 9.17) is 0 Å². The van der Waals surface area contributed by atoms with Gasteiger partial charge in [-0.1, -0.05) is 19.1 Å². The number of likely N-dealkylation sites (N-methyl/N-ethyl adjacent to an activating group) is 1. The molecule has 2 aromatic carbocycles. The number of nitro groups is 1. The van der Waals surface area contributed by atoms with E-state index in [1.165, 1.54) is 12.1 Å². The second-order valence-electron chi connectivity index (χ2n) is 9.04. The fourth-order valence-corrected chi connectivity index (χ4v) is 4.54. The van der Waals surface area contributed by atoms with E-state index in [2.05, 4.69) is 21.7 Å². The molecule has 1 amide bonds. The number of piperazine rings is 2. The van der Waals surface area contributed by atoms with Crippen LogP contribution in [-0.2, 0) is 4.79 Å². The minimum atomic E-state index is -0.447. The Kier molecular flexibility index (Phi) is 7.12. The highest BCUT2D eigenvalue weighted by molar-refractivity contribution is 6.00. The van der Waals surface area contributed by atoms with E-state index in [1.807, 2.05) is 31.2 Å². The lowest BCUT2D eigenvalue weighted by atomic mass is 10.0. The Hall–Kier alpha value is -3.46. The maximum Gasteiger partial charge on any atom is 0.270 e. The smallest absolute Gasteiger partial charge is 0.270 e. The fraction of sp³-hybridized carbons (Fsp3) is 0.440. The molecule has 2 aromatic rings. The number of amides is 1. The first kappa shape index (κ1) is 23.7. The van der Waals surface area contributed by atoms with Crippen LogP contribution in [0, 0.1) is 10.1 Å². The topological polar surface area (TPSA) is 90.2 Å². The minimum Gasteiger partial charge on any atom is -0.368 e. The number of anilines is 2. The van der Waals surface area contributed by atoms with Crippen LogP contribution in [-0.4, -0.2) is 86.3 Å². The largest absolute Gasteiger partial charge is 0.368 e. The monoisotopic (exact) mass is 465 g/mol. The summed E-state index contributed by atoms with van der Waals surface area (Å²) in [5.74, 6) is -0.291. The molecule has 1 unspecified atom stereocenters. The Balaban J connectivity index is 1.48. The zero-order valence-corrected chi connectivity index (χ0v) is 19.7. The van der Waals surface area contributed by atoms with Crippen LogP contribution in [0.15, 0.2) is 42.5 Å². The molecule has 180 valence electrons. The molecular formula is C25H31N5O4. The van der Waals surface area contributed by atoms with Crippen LogP contribution in [0.3, 0.4) is 0 Å². The van der Waals surface area contributed by atoms with Crippen molar-refractivity contribution in [2.75, 3.05) is 69.2 Å². The molecule has 0 N–H and O–H groups in total.